The smallest absolute Gasteiger partial charge is 0.261 e. The van der Waals surface area contributed by atoms with Crippen LogP contribution in [0.15, 0.2) is 71.9 Å². The molecule has 0 aliphatic rings. The summed E-state index contributed by atoms with van der Waals surface area (Å²) in [6.07, 6.45) is 3.15. The highest BCUT2D eigenvalue weighted by molar-refractivity contribution is 7.92. The van der Waals surface area contributed by atoms with Gasteiger partial charge in [0, 0.05) is 23.7 Å². The van der Waals surface area contributed by atoms with Crippen LogP contribution in [0.2, 0.25) is 5.15 Å². The van der Waals surface area contributed by atoms with E-state index in [1.165, 1.54) is 29.7 Å². The van der Waals surface area contributed by atoms with Crippen molar-refractivity contribution in [3.8, 4) is 10.4 Å². The third kappa shape index (κ3) is 6.88. The second-order valence-corrected chi connectivity index (χ2v) is 10.8. The number of carbonyl (C=O) groups excluding carboxylic acids is 2. The molecule has 4 aromatic rings. The summed E-state index contributed by atoms with van der Waals surface area (Å²) in [6, 6.07) is 14.7. The summed E-state index contributed by atoms with van der Waals surface area (Å²) in [6.45, 7) is 1.52. The van der Waals surface area contributed by atoms with Crippen molar-refractivity contribution in [3.63, 3.8) is 0 Å². The topological polar surface area (TPSA) is 143 Å². The summed E-state index contributed by atoms with van der Waals surface area (Å²) in [7, 11) is -3.87. The SMILES string of the molecule is Cc1nc(NC(=O)CNC(=O)Cc2ccccn2)sc1-c1cnc(Cl)c(NS(=O)(=O)c2ccccc2)c1. The molecule has 0 spiro atoms. The summed E-state index contributed by atoms with van der Waals surface area (Å²) >= 11 is 7.34. The number of nitrogens with zero attached hydrogens (tertiary/aromatic N) is 3. The van der Waals surface area contributed by atoms with Crippen LogP contribution >= 0.6 is 22.9 Å². The normalized spacial score (nSPS) is 11.1. The molecule has 0 unspecified atom stereocenters. The average Bonchev–Trinajstić information content (AvgIpc) is 3.24. The number of aromatic nitrogens is 3. The predicted molar refractivity (Wildman–Crippen MR) is 142 cm³/mol. The van der Waals surface area contributed by atoms with Crippen LogP contribution in [0.1, 0.15) is 11.4 Å². The maximum Gasteiger partial charge on any atom is 0.261 e. The van der Waals surface area contributed by atoms with E-state index in [0.717, 1.165) is 0 Å². The zero-order valence-electron chi connectivity index (χ0n) is 19.4. The summed E-state index contributed by atoms with van der Waals surface area (Å²) < 4.78 is 27.9. The molecule has 1 aromatic carbocycles. The number of amides is 2. The summed E-state index contributed by atoms with van der Waals surface area (Å²) in [5, 5.41) is 5.51. The second kappa shape index (κ2) is 11.5. The number of rotatable bonds is 9. The van der Waals surface area contributed by atoms with E-state index in [2.05, 4.69) is 30.3 Å². The molecule has 4 rings (SSSR count). The summed E-state index contributed by atoms with van der Waals surface area (Å²) in [5.74, 6) is -0.775. The summed E-state index contributed by atoms with van der Waals surface area (Å²) in [5.41, 5.74) is 1.87. The van der Waals surface area contributed by atoms with Crippen molar-refractivity contribution in [1.82, 2.24) is 20.3 Å². The quantitative estimate of drug-likeness (QED) is 0.267. The Balaban J connectivity index is 1.42. The van der Waals surface area contributed by atoms with Gasteiger partial charge in [-0.2, -0.15) is 0 Å². The molecule has 0 aliphatic heterocycles. The van der Waals surface area contributed by atoms with Crippen molar-refractivity contribution in [2.24, 2.45) is 0 Å². The zero-order valence-corrected chi connectivity index (χ0v) is 21.8. The van der Waals surface area contributed by atoms with Gasteiger partial charge in [-0.3, -0.25) is 19.3 Å². The van der Waals surface area contributed by atoms with E-state index in [1.807, 2.05) is 0 Å². The number of pyridine rings is 2. The molecular formula is C24H21ClN6O4S2. The number of carbonyl (C=O) groups is 2. The lowest BCUT2D eigenvalue weighted by molar-refractivity contribution is -0.123. The average molecular weight is 557 g/mol. The minimum atomic E-state index is -3.87. The van der Waals surface area contributed by atoms with Gasteiger partial charge in [-0.25, -0.2) is 18.4 Å². The van der Waals surface area contributed by atoms with Crippen LogP contribution in [0.5, 0.6) is 0 Å². The molecule has 0 saturated carbocycles. The van der Waals surface area contributed by atoms with Crippen molar-refractivity contribution in [2.75, 3.05) is 16.6 Å². The fraction of sp³-hybridized carbons (Fsp3) is 0.125. The number of halogens is 1. The Hall–Kier alpha value is -3.87. The molecule has 3 aromatic heterocycles. The molecule has 3 heterocycles. The van der Waals surface area contributed by atoms with Gasteiger partial charge in [0.15, 0.2) is 10.3 Å². The number of aryl methyl sites for hydroxylation is 1. The van der Waals surface area contributed by atoms with Crippen LogP contribution in [0.4, 0.5) is 10.8 Å². The first kappa shape index (κ1) is 26.2. The number of nitrogens with one attached hydrogen (secondary N) is 3. The fourth-order valence-electron chi connectivity index (χ4n) is 3.24. The summed E-state index contributed by atoms with van der Waals surface area (Å²) in [4.78, 5) is 37.7. The Morgan fingerprint density at radius 2 is 1.78 bits per heavy atom. The van der Waals surface area contributed by atoms with Gasteiger partial charge in [0.1, 0.15) is 0 Å². The van der Waals surface area contributed by atoms with E-state index < -0.39 is 15.9 Å². The van der Waals surface area contributed by atoms with Crippen LogP contribution in [0.25, 0.3) is 10.4 Å². The standard InChI is InChI=1S/C24H21ClN6O4S2/c1-15-22(16-11-19(23(25)28-13-16)31-37(34,35)18-8-3-2-4-9-18)36-24(29-15)30-21(33)14-27-20(32)12-17-7-5-6-10-26-17/h2-11,13,31H,12,14H2,1H3,(H,27,32)(H,29,30,33). The number of sulfonamides is 1. The number of hydrogen-bond acceptors (Lipinski definition) is 8. The third-order valence-corrected chi connectivity index (χ3v) is 7.76. The zero-order chi connectivity index (χ0) is 26.4. The van der Waals surface area contributed by atoms with Crippen molar-refractivity contribution in [3.05, 3.63) is 83.5 Å². The minimum Gasteiger partial charge on any atom is -0.347 e. The lowest BCUT2D eigenvalue weighted by Crippen LogP contribution is -2.33. The van der Waals surface area contributed by atoms with Crippen LogP contribution in [-0.4, -0.2) is 41.7 Å². The molecule has 0 atom stereocenters. The molecule has 10 nitrogen and oxygen atoms in total. The maximum absolute atomic E-state index is 12.7. The molecule has 0 fully saturated rings. The van der Waals surface area contributed by atoms with Gasteiger partial charge >= 0.3 is 0 Å². The monoisotopic (exact) mass is 556 g/mol. The number of benzene rings is 1. The number of thiazole rings is 1. The second-order valence-electron chi connectivity index (χ2n) is 7.74. The van der Waals surface area contributed by atoms with E-state index in [4.69, 9.17) is 11.6 Å². The molecule has 2 amide bonds. The van der Waals surface area contributed by atoms with E-state index in [9.17, 15) is 18.0 Å². The van der Waals surface area contributed by atoms with E-state index in [-0.39, 0.29) is 34.6 Å². The Kier molecular flexibility index (Phi) is 8.11. The van der Waals surface area contributed by atoms with E-state index in [1.54, 1.807) is 55.6 Å². The third-order valence-electron chi connectivity index (χ3n) is 4.96. The fourth-order valence-corrected chi connectivity index (χ4v) is 5.49. The van der Waals surface area contributed by atoms with E-state index in [0.29, 0.717) is 27.0 Å². The van der Waals surface area contributed by atoms with Crippen LogP contribution in [-0.2, 0) is 26.0 Å². The molecular weight excluding hydrogens is 536 g/mol. The molecule has 0 aliphatic carbocycles. The Morgan fingerprint density at radius 3 is 2.51 bits per heavy atom. The Labute approximate surface area is 222 Å². The first-order valence-corrected chi connectivity index (χ1v) is 13.6. The highest BCUT2D eigenvalue weighted by Crippen LogP contribution is 2.35. The van der Waals surface area contributed by atoms with Crippen molar-refractivity contribution in [2.45, 2.75) is 18.2 Å². The van der Waals surface area contributed by atoms with Crippen LogP contribution < -0.4 is 15.4 Å². The molecule has 0 bridgehead atoms. The van der Waals surface area contributed by atoms with Gasteiger partial charge in [-0.1, -0.05) is 47.2 Å². The maximum atomic E-state index is 12.7. The van der Waals surface area contributed by atoms with Crippen LogP contribution in [0.3, 0.4) is 0 Å². The Morgan fingerprint density at radius 1 is 1.03 bits per heavy atom. The largest absolute Gasteiger partial charge is 0.347 e. The molecule has 190 valence electrons. The lowest BCUT2D eigenvalue weighted by Gasteiger charge is -2.10. The first-order chi connectivity index (χ1) is 17.7. The molecule has 3 N–H and O–H groups in total. The lowest BCUT2D eigenvalue weighted by atomic mass is 10.2. The van der Waals surface area contributed by atoms with Crippen LogP contribution in [0, 0.1) is 6.92 Å². The highest BCUT2D eigenvalue weighted by Gasteiger charge is 2.19. The number of hydrogen-bond donors (Lipinski definition) is 3. The molecule has 0 radical (unpaired) electrons. The van der Waals surface area contributed by atoms with E-state index >= 15 is 0 Å². The van der Waals surface area contributed by atoms with Gasteiger partial charge in [0.05, 0.1) is 34.1 Å². The number of anilines is 2. The first-order valence-electron chi connectivity index (χ1n) is 10.9. The molecule has 37 heavy (non-hydrogen) atoms. The van der Waals surface area contributed by atoms with Gasteiger partial charge in [-0.15, -0.1) is 0 Å². The Bertz CT molecular complexity index is 1530. The van der Waals surface area contributed by atoms with Crippen molar-refractivity contribution < 1.29 is 18.0 Å². The van der Waals surface area contributed by atoms with Gasteiger partial charge in [0.25, 0.3) is 10.0 Å². The van der Waals surface area contributed by atoms with Crippen molar-refractivity contribution in [1.29, 1.82) is 0 Å². The predicted octanol–water partition coefficient (Wildman–Crippen LogP) is 3.66. The van der Waals surface area contributed by atoms with Gasteiger partial charge in [0.2, 0.25) is 11.8 Å². The van der Waals surface area contributed by atoms with Gasteiger partial charge in [-0.05, 0) is 37.3 Å². The van der Waals surface area contributed by atoms with Gasteiger partial charge < -0.3 is 10.6 Å². The minimum absolute atomic E-state index is 0.0135. The van der Waals surface area contributed by atoms with Crippen molar-refractivity contribution >= 4 is 55.6 Å². The molecule has 0 saturated heterocycles. The molecule has 13 heteroatoms. The highest BCUT2D eigenvalue weighted by atomic mass is 35.5.